The van der Waals surface area contributed by atoms with Gasteiger partial charge in [0.25, 0.3) is 0 Å². The van der Waals surface area contributed by atoms with Gasteiger partial charge in [-0.15, -0.1) is 0 Å². The Morgan fingerprint density at radius 1 is 1.17 bits per heavy atom. The van der Waals surface area contributed by atoms with Crippen LogP contribution in [0.15, 0.2) is 58.8 Å². The van der Waals surface area contributed by atoms with Gasteiger partial charge in [-0.3, -0.25) is 4.90 Å². The summed E-state index contributed by atoms with van der Waals surface area (Å²) >= 11 is 0. The molecule has 0 bridgehead atoms. The number of rotatable bonds is 3. The highest BCUT2D eigenvalue weighted by Crippen LogP contribution is 2.42. The molecule has 116 valence electrons. The van der Waals surface area contributed by atoms with E-state index in [1.807, 2.05) is 25.2 Å². The van der Waals surface area contributed by atoms with Crippen molar-refractivity contribution in [2.75, 3.05) is 18.6 Å². The predicted molar refractivity (Wildman–Crippen MR) is 87.5 cm³/mol. The minimum atomic E-state index is -0.293. The van der Waals surface area contributed by atoms with Gasteiger partial charge in [0.15, 0.2) is 6.17 Å². The average Bonchev–Trinajstić information content (AvgIpc) is 2.97. The number of fused-ring (bicyclic) bond motifs is 3. The highest BCUT2D eigenvalue weighted by atomic mass is 16.2. The maximum absolute atomic E-state index is 12.0. The monoisotopic (exact) mass is 307 g/mol. The van der Waals surface area contributed by atoms with E-state index in [1.54, 1.807) is 4.90 Å². The molecule has 0 fully saturated rings. The van der Waals surface area contributed by atoms with Crippen molar-refractivity contribution >= 4 is 17.4 Å². The predicted octanol–water partition coefficient (Wildman–Crippen LogP) is 3.40. The summed E-state index contributed by atoms with van der Waals surface area (Å²) < 4.78 is 0. The van der Waals surface area contributed by atoms with E-state index >= 15 is 0 Å². The number of nitrogens with zero attached hydrogens (tertiary/aromatic N) is 4. The van der Waals surface area contributed by atoms with Gasteiger partial charge < -0.3 is 10.2 Å². The first kappa shape index (κ1) is 13.9. The molecule has 2 aromatic carbocycles. The van der Waals surface area contributed by atoms with Crippen LogP contribution in [0.5, 0.6) is 0 Å². The van der Waals surface area contributed by atoms with E-state index in [4.69, 9.17) is 0 Å². The minimum Gasteiger partial charge on any atom is -0.323 e. The first-order chi connectivity index (χ1) is 11.3. The second kappa shape index (κ2) is 5.48. The first-order valence-electron chi connectivity index (χ1n) is 7.59. The third-order valence-electron chi connectivity index (χ3n) is 4.22. The number of azo groups is 1. The van der Waals surface area contributed by atoms with E-state index < -0.39 is 0 Å². The Morgan fingerprint density at radius 3 is 2.74 bits per heavy atom. The second-order valence-corrected chi connectivity index (χ2v) is 5.67. The van der Waals surface area contributed by atoms with Crippen molar-refractivity contribution in [1.29, 1.82) is 0 Å². The summed E-state index contributed by atoms with van der Waals surface area (Å²) in [6, 6.07) is 16.1. The Kier molecular flexibility index (Phi) is 3.31. The molecule has 2 amide bonds. The van der Waals surface area contributed by atoms with Crippen LogP contribution in [-0.2, 0) is 6.54 Å². The molecule has 0 spiro atoms. The Bertz CT molecular complexity index is 771. The van der Waals surface area contributed by atoms with Crippen LogP contribution in [0.2, 0.25) is 0 Å². The van der Waals surface area contributed by atoms with Crippen LogP contribution in [0.25, 0.3) is 0 Å². The van der Waals surface area contributed by atoms with Gasteiger partial charge in [-0.05, 0) is 30.8 Å². The lowest BCUT2D eigenvalue weighted by atomic mass is 10.1. The molecule has 2 heterocycles. The van der Waals surface area contributed by atoms with E-state index in [9.17, 15) is 4.79 Å². The fourth-order valence-electron chi connectivity index (χ4n) is 3.10. The Hall–Kier alpha value is -2.73. The molecule has 0 radical (unpaired) electrons. The van der Waals surface area contributed by atoms with Crippen LogP contribution in [0.4, 0.5) is 16.2 Å². The summed E-state index contributed by atoms with van der Waals surface area (Å²) in [6.45, 7) is 1.29. The van der Waals surface area contributed by atoms with Gasteiger partial charge in [-0.1, -0.05) is 35.4 Å². The fraction of sp³-hybridized carbons (Fsp3) is 0.235. The van der Waals surface area contributed by atoms with Crippen molar-refractivity contribution < 1.29 is 4.79 Å². The van der Waals surface area contributed by atoms with Crippen LogP contribution >= 0.6 is 0 Å². The topological polar surface area (TPSA) is 60.3 Å². The molecular weight excluding hydrogens is 290 g/mol. The Morgan fingerprint density at radius 2 is 1.96 bits per heavy atom. The number of amides is 2. The van der Waals surface area contributed by atoms with E-state index in [0.29, 0.717) is 6.67 Å². The van der Waals surface area contributed by atoms with Crippen LogP contribution in [0.3, 0.4) is 0 Å². The zero-order chi connectivity index (χ0) is 15.8. The molecule has 0 aromatic heterocycles. The molecule has 2 aromatic rings. The molecule has 1 N–H and O–H groups in total. The highest BCUT2D eigenvalue weighted by molar-refractivity contribution is 5.80. The van der Waals surface area contributed by atoms with Gasteiger partial charge in [0, 0.05) is 17.8 Å². The van der Waals surface area contributed by atoms with Crippen LogP contribution in [0.1, 0.15) is 17.3 Å². The third-order valence-corrected chi connectivity index (χ3v) is 4.22. The molecule has 6 heteroatoms. The number of anilines is 2. The van der Waals surface area contributed by atoms with Crippen LogP contribution < -0.4 is 10.2 Å². The van der Waals surface area contributed by atoms with Crippen LogP contribution in [0, 0.1) is 0 Å². The standard InChI is InChI=1S/C17H17N5O/c1-18-10-12-6-8-13(9-7-12)21-11-22-16(19-20-17(22)23)14-4-2-3-5-15(14)21/h2-9,16,18H,10-11H2,1H3. The number of hydrogen-bond acceptors (Lipinski definition) is 4. The molecule has 1 unspecified atom stereocenters. The maximum atomic E-state index is 12.0. The first-order valence-corrected chi connectivity index (χ1v) is 7.59. The summed E-state index contributed by atoms with van der Waals surface area (Å²) in [5, 5.41) is 11.0. The number of carbonyl (C=O) groups excluding carboxylic acids is 1. The van der Waals surface area contributed by atoms with Gasteiger partial charge in [0.2, 0.25) is 0 Å². The SMILES string of the molecule is CNCc1ccc(N2CN3C(=O)N=NC3c3ccccc32)cc1. The third kappa shape index (κ3) is 2.27. The number of nitrogens with one attached hydrogen (secondary N) is 1. The summed E-state index contributed by atoms with van der Waals surface area (Å²) in [5.74, 6) is 0. The summed E-state index contributed by atoms with van der Waals surface area (Å²) in [7, 11) is 1.93. The zero-order valence-electron chi connectivity index (χ0n) is 12.8. The number of carbonyl (C=O) groups is 1. The normalized spacial score (nSPS) is 19.0. The van der Waals surface area contributed by atoms with Crippen LogP contribution in [-0.4, -0.2) is 24.6 Å². The van der Waals surface area contributed by atoms with E-state index in [1.165, 1.54) is 5.56 Å². The molecule has 0 saturated carbocycles. The molecule has 4 rings (SSSR count). The molecule has 2 aliphatic rings. The number of hydrogen-bond donors (Lipinski definition) is 1. The van der Waals surface area contributed by atoms with Gasteiger partial charge in [-0.2, -0.15) is 5.11 Å². The van der Waals surface area contributed by atoms with Gasteiger partial charge in [-0.25, -0.2) is 4.79 Å². The molecule has 2 aliphatic heterocycles. The largest absolute Gasteiger partial charge is 0.365 e. The average molecular weight is 307 g/mol. The smallest absolute Gasteiger partial charge is 0.323 e. The molecule has 6 nitrogen and oxygen atoms in total. The Labute approximate surface area is 134 Å². The lowest BCUT2D eigenvalue weighted by Crippen LogP contribution is -2.42. The van der Waals surface area contributed by atoms with Crippen molar-refractivity contribution in [1.82, 2.24) is 10.2 Å². The number of para-hydroxylation sites is 1. The van der Waals surface area contributed by atoms with Gasteiger partial charge >= 0.3 is 6.03 Å². The van der Waals surface area contributed by atoms with E-state index in [2.05, 4.69) is 50.8 Å². The van der Waals surface area contributed by atoms with Crippen molar-refractivity contribution in [3.05, 3.63) is 59.7 Å². The van der Waals surface area contributed by atoms with Crippen molar-refractivity contribution in [2.45, 2.75) is 12.7 Å². The zero-order valence-corrected chi connectivity index (χ0v) is 12.8. The van der Waals surface area contributed by atoms with Crippen molar-refractivity contribution in [3.63, 3.8) is 0 Å². The second-order valence-electron chi connectivity index (χ2n) is 5.67. The maximum Gasteiger partial charge on any atom is 0.365 e. The van der Waals surface area contributed by atoms with Crippen molar-refractivity contribution in [3.8, 4) is 0 Å². The summed E-state index contributed by atoms with van der Waals surface area (Å²) in [6.07, 6.45) is -0.293. The highest BCUT2D eigenvalue weighted by Gasteiger charge is 2.38. The number of benzene rings is 2. The molecular formula is C17H17N5O. The Balaban J connectivity index is 1.74. The summed E-state index contributed by atoms with van der Waals surface area (Å²) in [5.41, 5.74) is 4.36. The van der Waals surface area contributed by atoms with Gasteiger partial charge in [0.1, 0.15) is 6.67 Å². The van der Waals surface area contributed by atoms with E-state index in [0.717, 1.165) is 23.5 Å². The van der Waals surface area contributed by atoms with Crippen molar-refractivity contribution in [2.24, 2.45) is 10.2 Å². The lowest BCUT2D eigenvalue weighted by Gasteiger charge is -2.38. The summed E-state index contributed by atoms with van der Waals surface area (Å²) in [4.78, 5) is 15.8. The van der Waals surface area contributed by atoms with E-state index in [-0.39, 0.29) is 12.2 Å². The van der Waals surface area contributed by atoms with Gasteiger partial charge in [0.05, 0.1) is 5.69 Å². The quantitative estimate of drug-likeness (QED) is 0.945. The lowest BCUT2D eigenvalue weighted by molar-refractivity contribution is 0.199. The molecule has 23 heavy (non-hydrogen) atoms. The molecule has 0 aliphatic carbocycles. The molecule has 0 saturated heterocycles. The fourth-order valence-corrected chi connectivity index (χ4v) is 3.10. The number of urea groups is 1. The minimum absolute atomic E-state index is 0.277. The molecule has 1 atom stereocenters.